The van der Waals surface area contributed by atoms with E-state index in [0.29, 0.717) is 5.56 Å². The zero-order valence-electron chi connectivity index (χ0n) is 13.6. The molecule has 2 nitrogen and oxygen atoms in total. The van der Waals surface area contributed by atoms with Crippen LogP contribution >= 0.6 is 0 Å². The van der Waals surface area contributed by atoms with Crippen molar-refractivity contribution in [1.82, 2.24) is 0 Å². The Morgan fingerprint density at radius 3 is 1.86 bits per heavy atom. The molecule has 0 heterocycles. The fourth-order valence-electron chi connectivity index (χ4n) is 2.75. The molecule has 2 aromatic rings. The highest BCUT2D eigenvalue weighted by Gasteiger charge is 2.22. The first-order chi connectivity index (χ1) is 9.88. The molecular formula is C19H22O2. The van der Waals surface area contributed by atoms with Crippen LogP contribution in [0.15, 0.2) is 24.3 Å². The van der Waals surface area contributed by atoms with Gasteiger partial charge in [0.1, 0.15) is 0 Å². The van der Waals surface area contributed by atoms with Gasteiger partial charge in [-0.25, -0.2) is 4.79 Å². The van der Waals surface area contributed by atoms with Crippen LogP contribution in [0.2, 0.25) is 0 Å². The zero-order chi connectivity index (χ0) is 15.7. The van der Waals surface area contributed by atoms with Crippen LogP contribution in [0.5, 0.6) is 0 Å². The van der Waals surface area contributed by atoms with Crippen molar-refractivity contribution in [1.29, 1.82) is 0 Å². The van der Waals surface area contributed by atoms with E-state index in [1.807, 2.05) is 6.92 Å². The molecule has 0 spiro atoms. The summed E-state index contributed by atoms with van der Waals surface area (Å²) in [7, 11) is 1.44. The maximum Gasteiger partial charge on any atom is 0.338 e. The van der Waals surface area contributed by atoms with Gasteiger partial charge in [-0.2, -0.15) is 0 Å². The van der Waals surface area contributed by atoms with E-state index in [9.17, 15) is 4.79 Å². The third-order valence-corrected chi connectivity index (χ3v) is 4.42. The van der Waals surface area contributed by atoms with Gasteiger partial charge in [0.2, 0.25) is 0 Å². The minimum Gasteiger partial charge on any atom is -0.465 e. The molecular weight excluding hydrogens is 260 g/mol. The van der Waals surface area contributed by atoms with Gasteiger partial charge >= 0.3 is 5.97 Å². The molecule has 0 N–H and O–H groups in total. The summed E-state index contributed by atoms with van der Waals surface area (Å²) in [5.41, 5.74) is 8.47. The maximum atomic E-state index is 12.3. The number of hydrogen-bond acceptors (Lipinski definition) is 2. The van der Waals surface area contributed by atoms with Crippen molar-refractivity contribution in [3.63, 3.8) is 0 Å². The number of methoxy groups -OCH3 is 1. The second kappa shape index (κ2) is 5.72. The first-order valence-electron chi connectivity index (χ1n) is 7.14. The second-order valence-electron chi connectivity index (χ2n) is 5.61. The summed E-state index contributed by atoms with van der Waals surface area (Å²) in [6.07, 6.45) is 0. The Morgan fingerprint density at radius 1 is 0.810 bits per heavy atom. The summed E-state index contributed by atoms with van der Waals surface area (Å²) in [5, 5.41) is 0. The summed E-state index contributed by atoms with van der Waals surface area (Å²) in [6.45, 7) is 10.3. The van der Waals surface area contributed by atoms with Gasteiger partial charge in [-0.15, -0.1) is 0 Å². The van der Waals surface area contributed by atoms with E-state index >= 15 is 0 Å². The lowest BCUT2D eigenvalue weighted by Gasteiger charge is -2.19. The molecule has 110 valence electrons. The molecule has 0 fully saturated rings. The standard InChI is InChI=1S/C19H22O2/c1-11-7-9-16(10-8-11)17-14(4)12(2)13(3)15(5)18(17)19(20)21-6/h7-10H,1-6H3. The van der Waals surface area contributed by atoms with Gasteiger partial charge in [0.25, 0.3) is 0 Å². The number of esters is 1. The molecule has 2 aromatic carbocycles. The van der Waals surface area contributed by atoms with E-state index in [2.05, 4.69) is 52.0 Å². The predicted molar refractivity (Wildman–Crippen MR) is 86.9 cm³/mol. The summed E-state index contributed by atoms with van der Waals surface area (Å²) >= 11 is 0. The SMILES string of the molecule is COC(=O)c1c(C)c(C)c(C)c(C)c1-c1ccc(C)cc1. The van der Waals surface area contributed by atoms with Crippen LogP contribution < -0.4 is 0 Å². The van der Waals surface area contributed by atoms with Gasteiger partial charge < -0.3 is 4.74 Å². The molecule has 0 aliphatic heterocycles. The molecule has 0 unspecified atom stereocenters. The fraction of sp³-hybridized carbons (Fsp3) is 0.316. The number of ether oxygens (including phenoxy) is 1. The Balaban J connectivity index is 2.85. The molecule has 2 heteroatoms. The average Bonchev–Trinajstić information content (AvgIpc) is 2.49. The number of rotatable bonds is 2. The van der Waals surface area contributed by atoms with E-state index in [1.54, 1.807) is 0 Å². The fourth-order valence-corrected chi connectivity index (χ4v) is 2.75. The Morgan fingerprint density at radius 2 is 1.33 bits per heavy atom. The molecule has 0 amide bonds. The highest BCUT2D eigenvalue weighted by molar-refractivity contribution is 6.00. The predicted octanol–water partition coefficient (Wildman–Crippen LogP) is 4.68. The van der Waals surface area contributed by atoms with E-state index in [1.165, 1.54) is 18.2 Å². The molecule has 0 aliphatic carbocycles. The number of hydrogen-bond donors (Lipinski definition) is 0. The highest BCUT2D eigenvalue weighted by Crippen LogP contribution is 2.35. The average molecular weight is 282 g/mol. The van der Waals surface area contributed by atoms with Crippen LogP contribution in [0, 0.1) is 34.6 Å². The van der Waals surface area contributed by atoms with Crippen molar-refractivity contribution < 1.29 is 9.53 Å². The summed E-state index contributed by atoms with van der Waals surface area (Å²) in [4.78, 5) is 12.3. The monoisotopic (exact) mass is 282 g/mol. The van der Waals surface area contributed by atoms with Gasteiger partial charge in [0, 0.05) is 0 Å². The third kappa shape index (κ3) is 2.58. The van der Waals surface area contributed by atoms with Crippen LogP contribution in [-0.4, -0.2) is 13.1 Å². The van der Waals surface area contributed by atoms with Gasteiger partial charge in [0.05, 0.1) is 12.7 Å². The summed E-state index contributed by atoms with van der Waals surface area (Å²) in [5.74, 6) is -0.269. The lowest BCUT2D eigenvalue weighted by atomic mass is 9.85. The van der Waals surface area contributed by atoms with Gasteiger partial charge in [0.15, 0.2) is 0 Å². The first-order valence-corrected chi connectivity index (χ1v) is 7.14. The number of carbonyl (C=O) groups is 1. The lowest BCUT2D eigenvalue weighted by Crippen LogP contribution is -2.10. The van der Waals surface area contributed by atoms with E-state index in [-0.39, 0.29) is 5.97 Å². The van der Waals surface area contributed by atoms with Crippen LogP contribution in [0.3, 0.4) is 0 Å². The van der Waals surface area contributed by atoms with Crippen molar-refractivity contribution >= 4 is 5.97 Å². The highest BCUT2D eigenvalue weighted by atomic mass is 16.5. The van der Waals surface area contributed by atoms with Crippen molar-refractivity contribution in [3.8, 4) is 11.1 Å². The molecule has 21 heavy (non-hydrogen) atoms. The lowest BCUT2D eigenvalue weighted by molar-refractivity contribution is 0.0600. The molecule has 2 rings (SSSR count). The summed E-state index contributed by atoms with van der Waals surface area (Å²) in [6, 6.07) is 8.28. The van der Waals surface area contributed by atoms with E-state index in [4.69, 9.17) is 4.74 Å². The molecule has 0 aliphatic rings. The van der Waals surface area contributed by atoms with E-state index < -0.39 is 0 Å². The Bertz CT molecular complexity index is 695. The normalized spacial score (nSPS) is 10.6. The Labute approximate surface area is 126 Å². The molecule has 0 saturated carbocycles. The minimum atomic E-state index is -0.269. The van der Waals surface area contributed by atoms with E-state index in [0.717, 1.165) is 27.8 Å². The first kappa shape index (κ1) is 15.3. The molecule has 0 radical (unpaired) electrons. The summed E-state index contributed by atoms with van der Waals surface area (Å²) < 4.78 is 5.01. The number of aryl methyl sites for hydroxylation is 1. The number of carbonyl (C=O) groups excluding carboxylic acids is 1. The topological polar surface area (TPSA) is 26.3 Å². The molecule has 0 saturated heterocycles. The second-order valence-corrected chi connectivity index (χ2v) is 5.61. The maximum absolute atomic E-state index is 12.3. The number of benzene rings is 2. The molecule has 0 aromatic heterocycles. The van der Waals surface area contributed by atoms with Crippen molar-refractivity contribution in [2.45, 2.75) is 34.6 Å². The smallest absolute Gasteiger partial charge is 0.338 e. The van der Waals surface area contributed by atoms with Gasteiger partial charge in [-0.3, -0.25) is 0 Å². The van der Waals surface area contributed by atoms with Crippen molar-refractivity contribution in [2.24, 2.45) is 0 Å². The van der Waals surface area contributed by atoms with Crippen molar-refractivity contribution in [3.05, 3.63) is 57.6 Å². The third-order valence-electron chi connectivity index (χ3n) is 4.42. The largest absolute Gasteiger partial charge is 0.465 e. The molecule has 0 bridgehead atoms. The van der Waals surface area contributed by atoms with Crippen LogP contribution in [0.4, 0.5) is 0 Å². The van der Waals surface area contributed by atoms with Crippen LogP contribution in [-0.2, 0) is 4.74 Å². The van der Waals surface area contributed by atoms with Gasteiger partial charge in [-0.1, -0.05) is 29.8 Å². The van der Waals surface area contributed by atoms with Gasteiger partial charge in [-0.05, 0) is 68.0 Å². The minimum absolute atomic E-state index is 0.269. The zero-order valence-corrected chi connectivity index (χ0v) is 13.6. The van der Waals surface area contributed by atoms with Crippen LogP contribution in [0.1, 0.15) is 38.2 Å². The molecule has 0 atom stereocenters. The van der Waals surface area contributed by atoms with Crippen molar-refractivity contribution in [2.75, 3.05) is 7.11 Å². The Kier molecular flexibility index (Phi) is 4.17. The quantitative estimate of drug-likeness (QED) is 0.747. The van der Waals surface area contributed by atoms with Crippen LogP contribution in [0.25, 0.3) is 11.1 Å². The Hall–Kier alpha value is -2.09.